The molecule has 0 saturated carbocycles. The van der Waals surface area contributed by atoms with E-state index >= 15 is 0 Å². The lowest BCUT2D eigenvalue weighted by Crippen LogP contribution is -1.87. The molecule has 5 rings (SSSR count). The molecule has 3 heteroatoms. The van der Waals surface area contributed by atoms with Gasteiger partial charge < -0.3 is 4.98 Å². The highest BCUT2D eigenvalue weighted by molar-refractivity contribution is 6.67. The predicted molar refractivity (Wildman–Crippen MR) is 125 cm³/mol. The van der Waals surface area contributed by atoms with Gasteiger partial charge in [0.2, 0.25) is 0 Å². The van der Waals surface area contributed by atoms with Crippen LogP contribution in [0.1, 0.15) is 10.4 Å². The largest absolute Gasteiger partial charge is 0.355 e. The van der Waals surface area contributed by atoms with Crippen LogP contribution in [0, 0.1) is 0 Å². The van der Waals surface area contributed by atoms with Gasteiger partial charge in [0.1, 0.15) is 0 Å². The summed E-state index contributed by atoms with van der Waals surface area (Å²) in [6.45, 7) is 0. The van der Waals surface area contributed by atoms with Gasteiger partial charge in [-0.15, -0.1) is 0 Å². The Bertz CT molecular complexity index is 1340. The quantitative estimate of drug-likeness (QED) is 0.306. The minimum atomic E-state index is -0.447. The molecule has 0 bridgehead atoms. The van der Waals surface area contributed by atoms with Crippen LogP contribution < -0.4 is 0 Å². The first kappa shape index (κ1) is 18.4. The second-order valence-electron chi connectivity index (χ2n) is 7.22. The lowest BCUT2D eigenvalue weighted by atomic mass is 9.91. The van der Waals surface area contributed by atoms with Crippen molar-refractivity contribution >= 4 is 27.7 Å². The number of aromatic amines is 1. The van der Waals surface area contributed by atoms with Gasteiger partial charge in [0, 0.05) is 22.2 Å². The Labute approximate surface area is 179 Å². The highest BCUT2D eigenvalue weighted by Crippen LogP contribution is 2.39. The van der Waals surface area contributed by atoms with E-state index < -0.39 is 5.24 Å². The first-order valence-corrected chi connectivity index (χ1v) is 10.2. The van der Waals surface area contributed by atoms with Crippen molar-refractivity contribution in [3.8, 4) is 33.5 Å². The van der Waals surface area contributed by atoms with Crippen LogP contribution in [-0.2, 0) is 0 Å². The maximum absolute atomic E-state index is 11.4. The minimum absolute atomic E-state index is 0.447. The van der Waals surface area contributed by atoms with Crippen molar-refractivity contribution < 1.29 is 4.79 Å². The summed E-state index contributed by atoms with van der Waals surface area (Å²) in [7, 11) is 0. The number of rotatable bonds is 4. The number of benzene rings is 4. The molecule has 0 saturated heterocycles. The van der Waals surface area contributed by atoms with Gasteiger partial charge in [-0.2, -0.15) is 0 Å². The molecule has 5 aromatic rings. The fraction of sp³-hybridized carbons (Fsp3) is 0. The first-order chi connectivity index (χ1) is 14.7. The molecule has 1 aromatic heterocycles. The highest BCUT2D eigenvalue weighted by atomic mass is 35.5. The van der Waals surface area contributed by atoms with E-state index in [1.54, 1.807) is 12.1 Å². The number of hydrogen-bond donors (Lipinski definition) is 1. The van der Waals surface area contributed by atoms with Crippen molar-refractivity contribution in [2.75, 3.05) is 0 Å². The fourth-order valence-electron chi connectivity index (χ4n) is 3.91. The Hall–Kier alpha value is -3.62. The Morgan fingerprint density at radius 2 is 1.30 bits per heavy atom. The molecule has 0 aliphatic carbocycles. The Morgan fingerprint density at radius 3 is 1.93 bits per heavy atom. The molecule has 0 radical (unpaired) electrons. The zero-order chi connectivity index (χ0) is 20.5. The smallest absolute Gasteiger partial charge is 0.252 e. The molecule has 0 amide bonds. The third kappa shape index (κ3) is 3.32. The van der Waals surface area contributed by atoms with E-state index in [1.807, 2.05) is 24.3 Å². The van der Waals surface area contributed by atoms with Gasteiger partial charge in [-0.05, 0) is 63.7 Å². The first-order valence-electron chi connectivity index (χ1n) is 9.77. The van der Waals surface area contributed by atoms with Crippen LogP contribution in [-0.4, -0.2) is 10.2 Å². The van der Waals surface area contributed by atoms with Crippen molar-refractivity contribution in [1.82, 2.24) is 4.98 Å². The van der Waals surface area contributed by atoms with Crippen molar-refractivity contribution in [2.45, 2.75) is 0 Å². The average molecular weight is 408 g/mol. The highest BCUT2D eigenvalue weighted by Gasteiger charge is 2.14. The van der Waals surface area contributed by atoms with Gasteiger partial charge >= 0.3 is 0 Å². The summed E-state index contributed by atoms with van der Waals surface area (Å²) in [6, 6.07) is 34.7. The Kier molecular flexibility index (Phi) is 4.70. The zero-order valence-electron chi connectivity index (χ0n) is 16.1. The number of nitrogens with one attached hydrogen (secondary N) is 1. The summed E-state index contributed by atoms with van der Waals surface area (Å²) in [5, 5.41) is 0.715. The van der Waals surface area contributed by atoms with E-state index in [0.717, 1.165) is 22.2 Å². The zero-order valence-corrected chi connectivity index (χ0v) is 16.9. The molecule has 0 unspecified atom stereocenters. The van der Waals surface area contributed by atoms with Gasteiger partial charge in [0.05, 0.1) is 0 Å². The van der Waals surface area contributed by atoms with Crippen LogP contribution >= 0.6 is 11.6 Å². The molecular weight excluding hydrogens is 390 g/mol. The van der Waals surface area contributed by atoms with Crippen LogP contribution in [0.3, 0.4) is 0 Å². The molecule has 0 aliphatic heterocycles. The molecule has 0 spiro atoms. The van der Waals surface area contributed by atoms with E-state index in [9.17, 15) is 4.79 Å². The van der Waals surface area contributed by atoms with E-state index in [1.165, 1.54) is 22.3 Å². The fourth-order valence-corrected chi connectivity index (χ4v) is 4.04. The molecule has 0 atom stereocenters. The molecule has 1 N–H and O–H groups in total. The minimum Gasteiger partial charge on any atom is -0.355 e. The Morgan fingerprint density at radius 1 is 0.667 bits per heavy atom. The lowest BCUT2D eigenvalue weighted by Gasteiger charge is -2.12. The monoisotopic (exact) mass is 407 g/mol. The number of carbonyl (C=O) groups excluding carboxylic acids is 1. The summed E-state index contributed by atoms with van der Waals surface area (Å²) in [4.78, 5) is 14.9. The van der Waals surface area contributed by atoms with Crippen molar-refractivity contribution in [3.63, 3.8) is 0 Å². The van der Waals surface area contributed by atoms with Gasteiger partial charge in [0.25, 0.3) is 5.24 Å². The molecule has 4 aromatic carbocycles. The SMILES string of the molecule is O=C(Cl)c1ccc(-c2cc3c(-c4ccccc4)c(-c4ccccc4)ccc3[nH]2)cc1. The lowest BCUT2D eigenvalue weighted by molar-refractivity contribution is 0.108. The van der Waals surface area contributed by atoms with E-state index in [4.69, 9.17) is 11.6 Å². The van der Waals surface area contributed by atoms with Crippen molar-refractivity contribution in [1.29, 1.82) is 0 Å². The molecular formula is C27H18ClNO. The van der Waals surface area contributed by atoms with Gasteiger partial charge in [-0.3, -0.25) is 4.79 Å². The number of fused-ring (bicyclic) bond motifs is 1. The van der Waals surface area contributed by atoms with Crippen molar-refractivity contribution in [3.05, 3.63) is 109 Å². The molecule has 0 fully saturated rings. The summed E-state index contributed by atoms with van der Waals surface area (Å²) in [5.41, 5.74) is 8.34. The van der Waals surface area contributed by atoms with Crippen molar-refractivity contribution in [2.24, 2.45) is 0 Å². The number of hydrogen-bond acceptors (Lipinski definition) is 1. The molecule has 0 aliphatic rings. The second-order valence-corrected chi connectivity index (χ2v) is 7.56. The summed E-state index contributed by atoms with van der Waals surface area (Å²) in [5.74, 6) is 0. The third-order valence-corrected chi connectivity index (χ3v) is 5.59. The maximum atomic E-state index is 11.4. The molecule has 1 heterocycles. The second kappa shape index (κ2) is 7.66. The van der Waals surface area contributed by atoms with E-state index in [0.29, 0.717) is 5.56 Å². The number of aromatic nitrogens is 1. The topological polar surface area (TPSA) is 32.9 Å². The summed E-state index contributed by atoms with van der Waals surface area (Å²) < 4.78 is 0. The Balaban J connectivity index is 1.73. The molecule has 30 heavy (non-hydrogen) atoms. The van der Waals surface area contributed by atoms with E-state index in [-0.39, 0.29) is 0 Å². The van der Waals surface area contributed by atoms with Gasteiger partial charge in [-0.1, -0.05) is 78.9 Å². The summed E-state index contributed by atoms with van der Waals surface area (Å²) in [6.07, 6.45) is 0. The summed E-state index contributed by atoms with van der Waals surface area (Å²) >= 11 is 5.58. The van der Waals surface area contributed by atoms with Crippen LogP contribution in [0.25, 0.3) is 44.4 Å². The van der Waals surface area contributed by atoms with Crippen LogP contribution in [0.4, 0.5) is 0 Å². The van der Waals surface area contributed by atoms with Crippen LogP contribution in [0.15, 0.2) is 103 Å². The predicted octanol–water partition coefficient (Wildman–Crippen LogP) is 7.55. The number of halogens is 1. The third-order valence-electron chi connectivity index (χ3n) is 5.37. The van der Waals surface area contributed by atoms with Gasteiger partial charge in [-0.25, -0.2) is 0 Å². The maximum Gasteiger partial charge on any atom is 0.252 e. The molecule has 144 valence electrons. The van der Waals surface area contributed by atoms with Gasteiger partial charge in [0.15, 0.2) is 0 Å². The standard InChI is InChI=1S/C27H18ClNO/c28-27(30)21-13-11-19(12-14-21)25-17-23-24(29-25)16-15-22(18-7-3-1-4-8-18)26(23)20-9-5-2-6-10-20/h1-17,29H. The number of carbonyl (C=O) groups is 1. The molecule has 2 nitrogen and oxygen atoms in total. The number of H-pyrrole nitrogens is 1. The van der Waals surface area contributed by atoms with E-state index in [2.05, 4.69) is 71.7 Å². The average Bonchev–Trinajstić information content (AvgIpc) is 3.24. The normalized spacial score (nSPS) is 11.0. The van der Waals surface area contributed by atoms with Crippen LogP contribution in [0.5, 0.6) is 0 Å². The van der Waals surface area contributed by atoms with Crippen LogP contribution in [0.2, 0.25) is 0 Å².